The van der Waals surface area contributed by atoms with E-state index in [1.54, 1.807) is 24.8 Å². The number of urea groups is 1. The monoisotopic (exact) mass is 291 g/mol. The molecule has 0 aliphatic heterocycles. The van der Waals surface area contributed by atoms with E-state index in [0.717, 1.165) is 11.5 Å². The molecule has 0 aliphatic carbocycles. The van der Waals surface area contributed by atoms with E-state index >= 15 is 0 Å². The van der Waals surface area contributed by atoms with Gasteiger partial charge in [-0.25, -0.2) is 4.79 Å². The Morgan fingerprint density at radius 3 is 2.85 bits per heavy atom. The summed E-state index contributed by atoms with van der Waals surface area (Å²) in [6, 6.07) is 11.7. The Morgan fingerprint density at radius 1 is 1.35 bits per heavy atom. The number of aromatic nitrogens is 1. The van der Waals surface area contributed by atoms with Crippen molar-refractivity contribution in [2.45, 2.75) is 12.7 Å². The Balaban J connectivity index is 1.58. The van der Waals surface area contributed by atoms with Gasteiger partial charge in [0, 0.05) is 24.1 Å². The van der Waals surface area contributed by atoms with Crippen molar-refractivity contribution in [3.63, 3.8) is 0 Å². The maximum Gasteiger partial charge on any atom is 0.320 e. The third kappa shape index (κ3) is 4.97. The van der Waals surface area contributed by atoms with Gasteiger partial charge in [0.25, 0.3) is 0 Å². The number of nitrogens with zero attached hydrogens (tertiary/aromatic N) is 1. The number of benzene rings is 1. The fraction of sp³-hybridized carbons (Fsp3) is 0.286. The summed E-state index contributed by atoms with van der Waals surface area (Å²) < 4.78 is 4.86. The van der Waals surface area contributed by atoms with Crippen molar-refractivity contribution < 1.29 is 9.32 Å². The van der Waals surface area contributed by atoms with Crippen LogP contribution < -0.4 is 10.6 Å². The molecule has 0 atom stereocenters. The zero-order valence-electron chi connectivity index (χ0n) is 11.3. The van der Waals surface area contributed by atoms with Crippen molar-refractivity contribution in [3.8, 4) is 0 Å². The fourth-order valence-electron chi connectivity index (χ4n) is 1.59. The van der Waals surface area contributed by atoms with Crippen LogP contribution in [0.1, 0.15) is 11.3 Å². The topological polar surface area (TPSA) is 67.2 Å². The molecule has 0 saturated carbocycles. The quantitative estimate of drug-likeness (QED) is 0.803. The second-order valence-electron chi connectivity index (χ2n) is 4.24. The van der Waals surface area contributed by atoms with Crippen LogP contribution in [0.3, 0.4) is 0 Å². The summed E-state index contributed by atoms with van der Waals surface area (Å²) in [5.41, 5.74) is 1.29. The number of amides is 2. The van der Waals surface area contributed by atoms with Crippen LogP contribution in [-0.4, -0.2) is 23.5 Å². The number of hydrogen-bond acceptors (Lipinski definition) is 4. The smallest absolute Gasteiger partial charge is 0.320 e. The molecule has 0 saturated heterocycles. The summed E-state index contributed by atoms with van der Waals surface area (Å²) in [6.07, 6.45) is 0. The lowest BCUT2D eigenvalue weighted by molar-refractivity contribution is 0.252. The van der Waals surface area contributed by atoms with Crippen molar-refractivity contribution >= 4 is 23.6 Å². The van der Waals surface area contributed by atoms with Crippen molar-refractivity contribution in [1.29, 1.82) is 0 Å². The van der Waals surface area contributed by atoms with Gasteiger partial charge in [0.1, 0.15) is 5.76 Å². The van der Waals surface area contributed by atoms with Gasteiger partial charge in [-0.05, 0) is 12.5 Å². The maximum atomic E-state index is 11.5. The standard InChI is InChI=1S/C14H17N3O2S/c1-11-9-13(17-19-11)16-14(18)15-7-8-20-10-12-5-3-2-4-6-12/h2-6,9H,7-8,10H2,1H3,(H2,15,16,17,18). The predicted molar refractivity (Wildman–Crippen MR) is 80.9 cm³/mol. The molecule has 2 N–H and O–H groups in total. The summed E-state index contributed by atoms with van der Waals surface area (Å²) >= 11 is 1.78. The van der Waals surface area contributed by atoms with Crippen LogP contribution in [0.15, 0.2) is 40.9 Å². The number of anilines is 1. The van der Waals surface area contributed by atoms with Gasteiger partial charge in [0.05, 0.1) is 0 Å². The highest BCUT2D eigenvalue weighted by atomic mass is 32.2. The lowest BCUT2D eigenvalue weighted by atomic mass is 10.2. The van der Waals surface area contributed by atoms with E-state index in [2.05, 4.69) is 27.9 Å². The zero-order chi connectivity index (χ0) is 14.2. The normalized spacial score (nSPS) is 10.2. The Bertz CT molecular complexity index is 542. The molecule has 1 aromatic carbocycles. The van der Waals surface area contributed by atoms with E-state index in [-0.39, 0.29) is 6.03 Å². The number of carbonyl (C=O) groups excluding carboxylic acids is 1. The van der Waals surface area contributed by atoms with Crippen molar-refractivity contribution in [2.75, 3.05) is 17.6 Å². The van der Waals surface area contributed by atoms with Crippen molar-refractivity contribution in [2.24, 2.45) is 0 Å². The number of carbonyl (C=O) groups is 1. The average Bonchev–Trinajstić information content (AvgIpc) is 2.85. The molecule has 5 nitrogen and oxygen atoms in total. The van der Waals surface area contributed by atoms with Crippen LogP contribution in [0.25, 0.3) is 0 Å². The van der Waals surface area contributed by atoms with Crippen molar-refractivity contribution in [3.05, 3.63) is 47.7 Å². The number of nitrogens with one attached hydrogen (secondary N) is 2. The summed E-state index contributed by atoms with van der Waals surface area (Å²) in [6.45, 7) is 2.39. The van der Waals surface area contributed by atoms with Crippen molar-refractivity contribution in [1.82, 2.24) is 10.5 Å². The molecule has 106 valence electrons. The van der Waals surface area contributed by atoms with Crippen LogP contribution in [0, 0.1) is 6.92 Å². The minimum atomic E-state index is -0.265. The molecule has 2 amide bonds. The summed E-state index contributed by atoms with van der Waals surface area (Å²) in [5.74, 6) is 2.91. The lowest BCUT2D eigenvalue weighted by Gasteiger charge is -2.05. The van der Waals surface area contributed by atoms with Gasteiger partial charge in [-0.2, -0.15) is 11.8 Å². The van der Waals surface area contributed by atoms with E-state index < -0.39 is 0 Å². The number of thioether (sulfide) groups is 1. The first-order valence-electron chi connectivity index (χ1n) is 6.34. The SMILES string of the molecule is Cc1cc(NC(=O)NCCSCc2ccccc2)no1. The lowest BCUT2D eigenvalue weighted by Crippen LogP contribution is -2.30. The molecule has 0 fully saturated rings. The molecule has 0 bridgehead atoms. The Kier molecular flexibility index (Phi) is 5.49. The first-order chi connectivity index (χ1) is 9.74. The average molecular weight is 291 g/mol. The van der Waals surface area contributed by atoms with Gasteiger partial charge < -0.3 is 9.84 Å². The third-order valence-electron chi connectivity index (χ3n) is 2.51. The number of rotatable bonds is 6. The van der Waals surface area contributed by atoms with Crippen LogP contribution >= 0.6 is 11.8 Å². The molecule has 0 aliphatic rings. The van der Waals surface area contributed by atoms with Crippen LogP contribution in [0.4, 0.5) is 10.6 Å². The Labute approximate surface area is 122 Å². The number of hydrogen-bond donors (Lipinski definition) is 2. The molecule has 0 radical (unpaired) electrons. The molecule has 6 heteroatoms. The Hall–Kier alpha value is -1.95. The molecule has 20 heavy (non-hydrogen) atoms. The summed E-state index contributed by atoms with van der Waals surface area (Å²) in [7, 11) is 0. The molecular formula is C14H17N3O2S. The first kappa shape index (κ1) is 14.5. The largest absolute Gasteiger partial charge is 0.360 e. The van der Waals surface area contributed by atoms with Gasteiger partial charge in [0.15, 0.2) is 5.82 Å². The first-order valence-corrected chi connectivity index (χ1v) is 7.49. The molecular weight excluding hydrogens is 274 g/mol. The van der Waals surface area contributed by atoms with Crippen LogP contribution in [0.5, 0.6) is 0 Å². The second kappa shape index (κ2) is 7.59. The number of aryl methyl sites for hydroxylation is 1. The Morgan fingerprint density at radius 2 is 2.15 bits per heavy atom. The minimum Gasteiger partial charge on any atom is -0.360 e. The second-order valence-corrected chi connectivity index (χ2v) is 5.35. The highest BCUT2D eigenvalue weighted by Gasteiger charge is 2.04. The summed E-state index contributed by atoms with van der Waals surface area (Å²) in [5, 5.41) is 9.07. The predicted octanol–water partition coefficient (Wildman–Crippen LogP) is 3.04. The minimum absolute atomic E-state index is 0.265. The van der Waals surface area contributed by atoms with E-state index in [9.17, 15) is 4.79 Å². The molecule has 2 rings (SSSR count). The molecule has 0 spiro atoms. The molecule has 1 aromatic heterocycles. The van der Waals surface area contributed by atoms with E-state index in [1.807, 2.05) is 18.2 Å². The van der Waals surface area contributed by atoms with Gasteiger partial charge in [0.2, 0.25) is 0 Å². The van der Waals surface area contributed by atoms with E-state index in [1.165, 1.54) is 5.56 Å². The van der Waals surface area contributed by atoms with E-state index in [0.29, 0.717) is 18.1 Å². The van der Waals surface area contributed by atoms with Gasteiger partial charge in [-0.3, -0.25) is 5.32 Å². The zero-order valence-corrected chi connectivity index (χ0v) is 12.1. The maximum absolute atomic E-state index is 11.5. The highest BCUT2D eigenvalue weighted by Crippen LogP contribution is 2.10. The fourth-order valence-corrected chi connectivity index (χ4v) is 2.41. The van der Waals surface area contributed by atoms with Gasteiger partial charge in [-0.1, -0.05) is 35.5 Å². The molecule has 1 heterocycles. The molecule has 0 unspecified atom stereocenters. The van der Waals surface area contributed by atoms with Gasteiger partial charge >= 0.3 is 6.03 Å². The van der Waals surface area contributed by atoms with E-state index in [4.69, 9.17) is 4.52 Å². The van der Waals surface area contributed by atoms with Crippen LogP contribution in [0.2, 0.25) is 0 Å². The van der Waals surface area contributed by atoms with Crippen LogP contribution in [-0.2, 0) is 5.75 Å². The highest BCUT2D eigenvalue weighted by molar-refractivity contribution is 7.98. The summed E-state index contributed by atoms with van der Waals surface area (Å²) in [4.78, 5) is 11.5. The molecule has 2 aromatic rings. The van der Waals surface area contributed by atoms with Gasteiger partial charge in [-0.15, -0.1) is 0 Å². The third-order valence-corrected chi connectivity index (χ3v) is 3.54.